The first kappa shape index (κ1) is 11.8. The number of halogens is 2. The van der Waals surface area contributed by atoms with E-state index in [1.165, 1.54) is 6.33 Å². The highest BCUT2D eigenvalue weighted by atomic mass is 35.5. The molecule has 0 aliphatic rings. The lowest BCUT2D eigenvalue weighted by Gasteiger charge is -2.08. The summed E-state index contributed by atoms with van der Waals surface area (Å²) in [7, 11) is 0. The maximum Gasteiger partial charge on any atom is 0.271 e. The van der Waals surface area contributed by atoms with Crippen LogP contribution >= 0.6 is 23.2 Å². The van der Waals surface area contributed by atoms with Crippen LogP contribution in [0.2, 0.25) is 10.0 Å². The van der Waals surface area contributed by atoms with E-state index >= 15 is 0 Å². The second-order valence-corrected chi connectivity index (χ2v) is 4.04. The molecule has 0 aliphatic carbocycles. The van der Waals surface area contributed by atoms with Crippen molar-refractivity contribution in [3.63, 3.8) is 0 Å². The van der Waals surface area contributed by atoms with Gasteiger partial charge in [-0.2, -0.15) is 0 Å². The zero-order valence-corrected chi connectivity index (χ0v) is 10.0. The van der Waals surface area contributed by atoms with Gasteiger partial charge in [0.05, 0.1) is 17.0 Å². The van der Waals surface area contributed by atoms with Gasteiger partial charge in [-0.25, -0.2) is 4.98 Å². The maximum atomic E-state index is 11.3. The Bertz CT molecular complexity index is 611. The molecule has 1 heterocycles. The predicted octanol–water partition coefficient (Wildman–Crippen LogP) is 2.40. The van der Waals surface area contributed by atoms with Gasteiger partial charge < -0.3 is 16.0 Å². The van der Waals surface area contributed by atoms with Gasteiger partial charge in [0, 0.05) is 5.69 Å². The Morgan fingerprint density at radius 3 is 2.88 bits per heavy atom. The number of aromatic amines is 1. The molecule has 1 aromatic carbocycles. The number of nitrogens with zero attached hydrogens (tertiary/aromatic N) is 1. The molecule has 2 aromatic rings. The van der Waals surface area contributed by atoms with Crippen LogP contribution < -0.4 is 16.6 Å². The van der Waals surface area contributed by atoms with Gasteiger partial charge in [-0.15, -0.1) is 0 Å². The molecule has 7 heteroatoms. The Morgan fingerprint density at radius 2 is 2.12 bits per heavy atom. The molecule has 2 rings (SSSR count). The average molecular weight is 271 g/mol. The number of H-pyrrole nitrogens is 1. The van der Waals surface area contributed by atoms with Crippen molar-refractivity contribution < 1.29 is 0 Å². The summed E-state index contributed by atoms with van der Waals surface area (Å²) in [5.41, 5.74) is 6.28. The monoisotopic (exact) mass is 270 g/mol. The van der Waals surface area contributed by atoms with E-state index in [4.69, 9.17) is 28.9 Å². The third-order valence-corrected chi connectivity index (χ3v) is 2.72. The normalized spacial score (nSPS) is 10.2. The van der Waals surface area contributed by atoms with Crippen molar-refractivity contribution in [2.24, 2.45) is 0 Å². The summed E-state index contributed by atoms with van der Waals surface area (Å²) in [6, 6.07) is 4.93. The molecule has 0 bridgehead atoms. The van der Waals surface area contributed by atoms with Gasteiger partial charge in [0.2, 0.25) is 0 Å². The van der Waals surface area contributed by atoms with Crippen molar-refractivity contribution in [3.8, 4) is 0 Å². The van der Waals surface area contributed by atoms with Crippen molar-refractivity contribution in [2.75, 3.05) is 11.1 Å². The predicted molar refractivity (Wildman–Crippen MR) is 69.0 cm³/mol. The molecule has 88 valence electrons. The molecule has 1 aromatic heterocycles. The van der Waals surface area contributed by atoms with Crippen LogP contribution in [0.4, 0.5) is 17.2 Å². The van der Waals surface area contributed by atoms with Crippen molar-refractivity contribution >= 4 is 40.4 Å². The van der Waals surface area contributed by atoms with Crippen LogP contribution in [-0.4, -0.2) is 9.97 Å². The molecule has 5 nitrogen and oxygen atoms in total. The van der Waals surface area contributed by atoms with Crippen LogP contribution in [0.5, 0.6) is 0 Å². The third-order valence-electron chi connectivity index (χ3n) is 2.04. The van der Waals surface area contributed by atoms with E-state index in [2.05, 4.69) is 15.3 Å². The molecular weight excluding hydrogens is 263 g/mol. The number of rotatable bonds is 2. The third kappa shape index (κ3) is 2.51. The fraction of sp³-hybridized carbons (Fsp3) is 0. The van der Waals surface area contributed by atoms with Crippen molar-refractivity contribution in [1.82, 2.24) is 9.97 Å². The standard InChI is InChI=1S/C10H8Cl2N4O/c11-6-2-1-5(13)3-7(6)16-9-8(12)10(17)15-4-14-9/h1-4H,13H2,(H2,14,15,16,17). The highest BCUT2D eigenvalue weighted by Crippen LogP contribution is 2.28. The van der Waals surface area contributed by atoms with E-state index in [1.807, 2.05) is 0 Å². The molecule has 0 unspecified atom stereocenters. The number of nitrogens with one attached hydrogen (secondary N) is 2. The SMILES string of the molecule is Nc1ccc(Cl)c(Nc2nc[nH]c(=O)c2Cl)c1. The first-order valence-electron chi connectivity index (χ1n) is 4.63. The topological polar surface area (TPSA) is 83.8 Å². The molecule has 0 radical (unpaired) electrons. The lowest BCUT2D eigenvalue weighted by Crippen LogP contribution is -2.09. The minimum Gasteiger partial charge on any atom is -0.399 e. The zero-order chi connectivity index (χ0) is 12.4. The lowest BCUT2D eigenvalue weighted by molar-refractivity contribution is 1.12. The first-order chi connectivity index (χ1) is 8.08. The summed E-state index contributed by atoms with van der Waals surface area (Å²) in [5, 5.41) is 3.27. The molecule has 4 N–H and O–H groups in total. The van der Waals surface area contributed by atoms with Crippen LogP contribution in [0, 0.1) is 0 Å². The maximum absolute atomic E-state index is 11.3. The number of nitrogen functional groups attached to an aromatic ring is 1. The van der Waals surface area contributed by atoms with E-state index in [1.54, 1.807) is 18.2 Å². The molecule has 0 fully saturated rings. The van der Waals surface area contributed by atoms with Crippen LogP contribution in [0.25, 0.3) is 0 Å². The Labute approximate surface area is 107 Å². The molecule has 17 heavy (non-hydrogen) atoms. The quantitative estimate of drug-likeness (QED) is 0.732. The second-order valence-electron chi connectivity index (χ2n) is 3.26. The summed E-state index contributed by atoms with van der Waals surface area (Å²) in [4.78, 5) is 17.5. The number of hydrogen-bond acceptors (Lipinski definition) is 4. The van der Waals surface area contributed by atoms with Crippen LogP contribution in [0.3, 0.4) is 0 Å². The number of anilines is 3. The van der Waals surface area contributed by atoms with E-state index in [0.717, 1.165) is 0 Å². The van der Waals surface area contributed by atoms with Crippen molar-refractivity contribution in [3.05, 3.63) is 44.9 Å². The van der Waals surface area contributed by atoms with Crippen molar-refractivity contribution in [2.45, 2.75) is 0 Å². The fourth-order valence-corrected chi connectivity index (χ4v) is 1.55. The molecule has 0 spiro atoms. The van der Waals surface area contributed by atoms with E-state index in [-0.39, 0.29) is 10.8 Å². The molecular formula is C10H8Cl2N4O. The van der Waals surface area contributed by atoms with Gasteiger partial charge in [-0.3, -0.25) is 4.79 Å². The van der Waals surface area contributed by atoms with E-state index < -0.39 is 5.56 Å². The van der Waals surface area contributed by atoms with Gasteiger partial charge in [0.15, 0.2) is 5.82 Å². The van der Waals surface area contributed by atoms with Crippen LogP contribution in [0.15, 0.2) is 29.3 Å². The summed E-state index contributed by atoms with van der Waals surface area (Å²) < 4.78 is 0. The lowest BCUT2D eigenvalue weighted by atomic mass is 10.3. The smallest absolute Gasteiger partial charge is 0.271 e. The van der Waals surface area contributed by atoms with E-state index in [0.29, 0.717) is 16.4 Å². The largest absolute Gasteiger partial charge is 0.399 e. The zero-order valence-electron chi connectivity index (χ0n) is 8.50. The number of benzene rings is 1. The first-order valence-corrected chi connectivity index (χ1v) is 5.39. The summed E-state index contributed by atoms with van der Waals surface area (Å²) in [5.74, 6) is 0.225. The number of nitrogens with two attached hydrogens (primary N) is 1. The Balaban J connectivity index is 2.41. The second kappa shape index (κ2) is 4.65. The average Bonchev–Trinajstić information content (AvgIpc) is 2.30. The van der Waals surface area contributed by atoms with Gasteiger partial charge in [-0.1, -0.05) is 23.2 Å². The van der Waals surface area contributed by atoms with Gasteiger partial charge in [-0.05, 0) is 18.2 Å². The summed E-state index contributed by atoms with van der Waals surface area (Å²) in [6.07, 6.45) is 1.25. The highest BCUT2D eigenvalue weighted by molar-refractivity contribution is 6.34. The molecule has 0 atom stereocenters. The number of hydrogen-bond donors (Lipinski definition) is 3. The van der Waals surface area contributed by atoms with E-state index in [9.17, 15) is 4.79 Å². The fourth-order valence-electron chi connectivity index (χ4n) is 1.24. The minimum absolute atomic E-state index is 0.0361. The van der Waals surface area contributed by atoms with Gasteiger partial charge in [0.25, 0.3) is 5.56 Å². The van der Waals surface area contributed by atoms with Crippen molar-refractivity contribution in [1.29, 1.82) is 0 Å². The Morgan fingerprint density at radius 1 is 1.35 bits per heavy atom. The molecule has 0 aliphatic heterocycles. The minimum atomic E-state index is -0.427. The highest BCUT2D eigenvalue weighted by Gasteiger charge is 2.08. The van der Waals surface area contributed by atoms with Crippen LogP contribution in [-0.2, 0) is 0 Å². The Hall–Kier alpha value is -1.72. The van der Waals surface area contributed by atoms with Gasteiger partial charge >= 0.3 is 0 Å². The molecule has 0 saturated heterocycles. The number of aromatic nitrogens is 2. The Kier molecular flexibility index (Phi) is 3.21. The molecule has 0 amide bonds. The summed E-state index contributed by atoms with van der Waals surface area (Å²) in [6.45, 7) is 0. The van der Waals surface area contributed by atoms with Crippen LogP contribution in [0.1, 0.15) is 0 Å². The molecule has 0 saturated carbocycles. The summed E-state index contributed by atoms with van der Waals surface area (Å²) >= 11 is 11.8. The van der Waals surface area contributed by atoms with Gasteiger partial charge in [0.1, 0.15) is 5.02 Å².